The number of carbonyl (C=O) groups excluding carboxylic acids is 1. The SMILES string of the molecule is Cc1cnc(NCCc2ccccc2)c(=O)n1CC(=O)NCc1ccc2nc[nH]c2c1.[HH].[HH].[HH]. The quantitative estimate of drug-likeness (QED) is 0.405. The minimum Gasteiger partial charge on any atom is -0.365 e. The maximum Gasteiger partial charge on any atom is 0.293 e. The van der Waals surface area contributed by atoms with E-state index in [-0.39, 0.29) is 28.1 Å². The molecule has 2 aromatic heterocycles. The Hall–Kier alpha value is -3.94. The van der Waals surface area contributed by atoms with Gasteiger partial charge in [-0.05, 0) is 36.6 Å². The summed E-state index contributed by atoms with van der Waals surface area (Å²) in [7, 11) is 0. The van der Waals surface area contributed by atoms with E-state index < -0.39 is 0 Å². The van der Waals surface area contributed by atoms with Crippen LogP contribution in [0.3, 0.4) is 0 Å². The lowest BCUT2D eigenvalue weighted by Crippen LogP contribution is -2.34. The van der Waals surface area contributed by atoms with E-state index in [1.807, 2.05) is 48.5 Å². The van der Waals surface area contributed by atoms with Crippen LogP contribution in [-0.4, -0.2) is 32.0 Å². The van der Waals surface area contributed by atoms with Crippen molar-refractivity contribution in [3.8, 4) is 0 Å². The number of fused-ring (bicyclic) bond motifs is 1. The van der Waals surface area contributed by atoms with Crippen molar-refractivity contribution in [3.63, 3.8) is 0 Å². The fraction of sp³-hybridized carbons (Fsp3) is 0.217. The van der Waals surface area contributed by atoms with E-state index in [4.69, 9.17) is 0 Å². The van der Waals surface area contributed by atoms with E-state index >= 15 is 0 Å². The number of rotatable bonds is 8. The molecule has 4 rings (SSSR count). The number of carbonyl (C=O) groups is 1. The normalized spacial score (nSPS) is 10.9. The second-order valence-corrected chi connectivity index (χ2v) is 7.33. The first-order valence-electron chi connectivity index (χ1n) is 10.1. The zero-order valence-electron chi connectivity index (χ0n) is 17.3. The lowest BCUT2D eigenvalue weighted by Gasteiger charge is -2.13. The van der Waals surface area contributed by atoms with E-state index in [0.29, 0.717) is 18.8 Å². The van der Waals surface area contributed by atoms with Crippen LogP contribution in [0.5, 0.6) is 0 Å². The third-order valence-electron chi connectivity index (χ3n) is 5.08. The van der Waals surface area contributed by atoms with Crippen molar-refractivity contribution < 1.29 is 9.07 Å². The van der Waals surface area contributed by atoms with Crippen molar-refractivity contribution in [3.05, 3.63) is 88.2 Å². The number of imidazole rings is 1. The van der Waals surface area contributed by atoms with E-state index in [2.05, 4.69) is 25.6 Å². The number of aromatic amines is 1. The molecule has 31 heavy (non-hydrogen) atoms. The van der Waals surface area contributed by atoms with Gasteiger partial charge in [0.2, 0.25) is 5.91 Å². The number of H-pyrrole nitrogens is 1. The maximum absolute atomic E-state index is 12.8. The molecule has 0 aliphatic heterocycles. The fourth-order valence-electron chi connectivity index (χ4n) is 3.35. The van der Waals surface area contributed by atoms with Crippen LogP contribution in [0.25, 0.3) is 11.0 Å². The molecule has 0 spiro atoms. The molecule has 8 heteroatoms. The first kappa shape index (κ1) is 20.3. The summed E-state index contributed by atoms with van der Waals surface area (Å²) >= 11 is 0. The summed E-state index contributed by atoms with van der Waals surface area (Å²) in [6, 6.07) is 15.8. The maximum atomic E-state index is 12.8. The van der Waals surface area contributed by atoms with Crippen LogP contribution in [-0.2, 0) is 24.3 Å². The molecule has 0 atom stereocenters. The number of hydrogen-bond acceptors (Lipinski definition) is 5. The Kier molecular flexibility index (Phi) is 6.07. The van der Waals surface area contributed by atoms with Gasteiger partial charge in [-0.2, -0.15) is 0 Å². The van der Waals surface area contributed by atoms with Crippen LogP contribution in [0.15, 0.2) is 65.8 Å². The Morgan fingerprint density at radius 3 is 2.81 bits per heavy atom. The van der Waals surface area contributed by atoms with Crippen LogP contribution in [0.2, 0.25) is 0 Å². The standard InChI is InChI=1S/C23H24N6O2.3H2/c1-16-12-26-22(24-10-9-17-5-3-2-4-6-17)23(31)29(16)14-21(30)25-13-18-7-8-19-20(11-18)28-15-27-19;;;/h2-8,11-12,15H,9-10,13-14H2,1H3,(H,24,26)(H,25,30)(H,27,28);3*1H. The van der Waals surface area contributed by atoms with Crippen molar-refractivity contribution >= 4 is 22.8 Å². The zero-order chi connectivity index (χ0) is 21.6. The van der Waals surface area contributed by atoms with Crippen molar-refractivity contribution in [2.75, 3.05) is 11.9 Å². The highest BCUT2D eigenvalue weighted by molar-refractivity contribution is 5.77. The summed E-state index contributed by atoms with van der Waals surface area (Å²) in [5.74, 6) is 0.00960. The van der Waals surface area contributed by atoms with Crippen molar-refractivity contribution in [2.45, 2.75) is 26.4 Å². The van der Waals surface area contributed by atoms with Crippen molar-refractivity contribution in [2.24, 2.45) is 0 Å². The predicted molar refractivity (Wildman–Crippen MR) is 126 cm³/mol. The molecule has 0 radical (unpaired) electrons. The van der Waals surface area contributed by atoms with Crippen LogP contribution in [0.4, 0.5) is 5.82 Å². The summed E-state index contributed by atoms with van der Waals surface area (Å²) < 4.78 is 1.44. The third-order valence-corrected chi connectivity index (χ3v) is 5.08. The Morgan fingerprint density at radius 1 is 1.13 bits per heavy atom. The van der Waals surface area contributed by atoms with Crippen LogP contribution in [0.1, 0.15) is 21.1 Å². The smallest absolute Gasteiger partial charge is 0.293 e. The minimum absolute atomic E-state index is 0. The van der Waals surface area contributed by atoms with Gasteiger partial charge < -0.3 is 15.6 Å². The number of hydrogen-bond donors (Lipinski definition) is 3. The second-order valence-electron chi connectivity index (χ2n) is 7.33. The van der Waals surface area contributed by atoms with Crippen LogP contribution in [0, 0.1) is 6.92 Å². The Balaban J connectivity index is 0.00000193. The van der Waals surface area contributed by atoms with Gasteiger partial charge in [0.05, 0.1) is 17.4 Å². The summed E-state index contributed by atoms with van der Waals surface area (Å²) in [6.07, 6.45) is 4.01. The molecular formula is C23H30N6O2. The molecule has 0 bridgehead atoms. The van der Waals surface area contributed by atoms with Gasteiger partial charge in [-0.15, -0.1) is 0 Å². The number of aryl methyl sites for hydroxylation is 1. The van der Waals surface area contributed by atoms with Gasteiger partial charge in [0, 0.05) is 29.3 Å². The molecule has 8 nitrogen and oxygen atoms in total. The average Bonchev–Trinajstić information content (AvgIpc) is 3.25. The average molecular weight is 423 g/mol. The zero-order valence-corrected chi connectivity index (χ0v) is 17.3. The summed E-state index contributed by atoms with van der Waals surface area (Å²) in [6.45, 7) is 2.65. The number of nitrogens with one attached hydrogen (secondary N) is 3. The molecule has 0 saturated heterocycles. The van der Waals surface area contributed by atoms with Gasteiger partial charge in [0.25, 0.3) is 5.56 Å². The van der Waals surface area contributed by atoms with Gasteiger partial charge in [-0.3, -0.25) is 14.2 Å². The molecule has 4 aromatic rings. The monoisotopic (exact) mass is 422 g/mol. The highest BCUT2D eigenvalue weighted by atomic mass is 16.2. The largest absolute Gasteiger partial charge is 0.365 e. The topological polar surface area (TPSA) is 105 Å². The molecule has 164 valence electrons. The van der Waals surface area contributed by atoms with Gasteiger partial charge >= 0.3 is 0 Å². The van der Waals surface area contributed by atoms with Crippen molar-refractivity contribution in [1.82, 2.24) is 24.8 Å². The number of anilines is 1. The van der Waals surface area contributed by atoms with E-state index in [0.717, 1.165) is 23.0 Å². The molecule has 0 unspecified atom stereocenters. The Labute approximate surface area is 183 Å². The highest BCUT2D eigenvalue weighted by Crippen LogP contribution is 2.11. The number of nitrogens with zero attached hydrogens (tertiary/aromatic N) is 3. The molecular weight excluding hydrogens is 392 g/mol. The predicted octanol–water partition coefficient (Wildman–Crippen LogP) is 3.14. The van der Waals surface area contributed by atoms with Gasteiger partial charge in [0.1, 0.15) is 6.54 Å². The van der Waals surface area contributed by atoms with E-state index in [1.165, 1.54) is 10.1 Å². The van der Waals surface area contributed by atoms with Crippen LogP contribution >= 0.6 is 0 Å². The molecule has 0 saturated carbocycles. The number of amides is 1. The number of benzene rings is 2. The lowest BCUT2D eigenvalue weighted by atomic mass is 10.1. The highest BCUT2D eigenvalue weighted by Gasteiger charge is 2.11. The Bertz CT molecular complexity index is 1260. The van der Waals surface area contributed by atoms with Crippen LogP contribution < -0.4 is 16.2 Å². The third kappa shape index (κ3) is 4.98. The molecule has 0 fully saturated rings. The molecule has 2 heterocycles. The van der Waals surface area contributed by atoms with Gasteiger partial charge in [-0.25, -0.2) is 9.97 Å². The summed E-state index contributed by atoms with van der Waals surface area (Å²) in [4.78, 5) is 36.7. The van der Waals surface area contributed by atoms with Crippen molar-refractivity contribution in [1.29, 1.82) is 0 Å². The second kappa shape index (κ2) is 9.25. The van der Waals surface area contributed by atoms with E-state index in [1.54, 1.807) is 19.4 Å². The van der Waals surface area contributed by atoms with Gasteiger partial charge in [0.15, 0.2) is 5.82 Å². The minimum atomic E-state index is -0.304. The molecule has 2 aromatic carbocycles. The lowest BCUT2D eigenvalue weighted by molar-refractivity contribution is -0.121. The first-order valence-corrected chi connectivity index (χ1v) is 10.1. The fourth-order valence-corrected chi connectivity index (χ4v) is 3.35. The molecule has 1 amide bonds. The molecule has 0 aliphatic carbocycles. The summed E-state index contributed by atoms with van der Waals surface area (Å²) in [5.41, 5.74) is 4.25. The van der Waals surface area contributed by atoms with Gasteiger partial charge in [-0.1, -0.05) is 36.4 Å². The van der Waals surface area contributed by atoms with E-state index in [9.17, 15) is 9.59 Å². The Morgan fingerprint density at radius 2 is 1.97 bits per heavy atom. The molecule has 0 aliphatic rings. The molecule has 3 N–H and O–H groups in total. The summed E-state index contributed by atoms with van der Waals surface area (Å²) in [5, 5.41) is 5.96. The first-order chi connectivity index (χ1) is 15.1. The number of aromatic nitrogens is 4.